The van der Waals surface area contributed by atoms with Crippen LogP contribution in [0.4, 0.5) is 8.78 Å². The molecule has 1 nitrogen and oxygen atoms in total. The molecule has 0 aliphatic carbocycles. The largest absolute Gasteiger partial charge is 0.392 e. The molecule has 0 fully saturated rings. The van der Waals surface area contributed by atoms with E-state index in [9.17, 15) is 13.9 Å². The number of benzene rings is 2. The van der Waals surface area contributed by atoms with Crippen molar-refractivity contribution in [3.8, 4) is 0 Å². The van der Waals surface area contributed by atoms with Crippen molar-refractivity contribution in [2.45, 2.75) is 31.8 Å². The van der Waals surface area contributed by atoms with Crippen LogP contribution in [0.1, 0.15) is 25.0 Å². The van der Waals surface area contributed by atoms with Gasteiger partial charge in [0.2, 0.25) is 0 Å². The second-order valence-corrected chi connectivity index (χ2v) is 6.55. The second-order valence-electron chi connectivity index (χ2n) is 5.70. The first-order valence-electron chi connectivity index (χ1n) is 6.69. The molecule has 0 heterocycles. The van der Waals surface area contributed by atoms with Gasteiger partial charge in [-0.3, -0.25) is 0 Å². The minimum atomic E-state index is -0.666. The number of hydrogen-bond acceptors (Lipinski definition) is 1. The molecule has 0 saturated carbocycles. The first-order chi connectivity index (χ1) is 9.80. The third kappa shape index (κ3) is 3.69. The van der Waals surface area contributed by atoms with E-state index >= 15 is 0 Å². The molecule has 2 rings (SSSR count). The summed E-state index contributed by atoms with van der Waals surface area (Å²) in [7, 11) is 0. The molecule has 0 bridgehead atoms. The molecule has 0 aliphatic rings. The number of hydrogen-bond donors (Lipinski definition) is 1. The molecular weight excluding hydrogens is 338 g/mol. The van der Waals surface area contributed by atoms with Gasteiger partial charge in [-0.15, -0.1) is 0 Å². The zero-order valence-corrected chi connectivity index (χ0v) is 13.5. The van der Waals surface area contributed by atoms with E-state index in [2.05, 4.69) is 15.9 Å². The highest BCUT2D eigenvalue weighted by molar-refractivity contribution is 9.10. The molecule has 0 aliphatic heterocycles. The van der Waals surface area contributed by atoms with Crippen molar-refractivity contribution in [1.82, 2.24) is 0 Å². The first kappa shape index (κ1) is 16.1. The van der Waals surface area contributed by atoms with Crippen molar-refractivity contribution in [2.75, 3.05) is 0 Å². The standard InChI is InChI=1S/C17H17BrF2O/c1-17(2,12-4-6-13(19)7-5-12)16(21)10-11-3-8-15(20)14(18)9-11/h3-9,16,21H,10H2,1-2H3. The Kier molecular flexibility index (Phi) is 4.79. The highest BCUT2D eigenvalue weighted by atomic mass is 79.9. The molecule has 1 unspecified atom stereocenters. The molecule has 1 atom stereocenters. The minimum Gasteiger partial charge on any atom is -0.392 e. The van der Waals surface area contributed by atoms with Crippen LogP contribution in [0.5, 0.6) is 0 Å². The van der Waals surface area contributed by atoms with Crippen molar-refractivity contribution in [3.63, 3.8) is 0 Å². The van der Waals surface area contributed by atoms with E-state index in [4.69, 9.17) is 0 Å². The highest BCUT2D eigenvalue weighted by Crippen LogP contribution is 2.30. The predicted octanol–water partition coefficient (Wildman–Crippen LogP) is 4.61. The first-order valence-corrected chi connectivity index (χ1v) is 7.48. The molecule has 21 heavy (non-hydrogen) atoms. The van der Waals surface area contributed by atoms with Gasteiger partial charge in [-0.2, -0.15) is 0 Å². The van der Waals surface area contributed by atoms with Gasteiger partial charge in [-0.1, -0.05) is 32.0 Å². The molecule has 0 saturated heterocycles. The monoisotopic (exact) mass is 354 g/mol. The van der Waals surface area contributed by atoms with E-state index in [1.54, 1.807) is 24.3 Å². The van der Waals surface area contributed by atoms with E-state index in [-0.39, 0.29) is 11.6 Å². The van der Waals surface area contributed by atoms with Crippen molar-refractivity contribution in [2.24, 2.45) is 0 Å². The van der Waals surface area contributed by atoms with Gasteiger partial charge < -0.3 is 5.11 Å². The smallest absolute Gasteiger partial charge is 0.137 e. The van der Waals surface area contributed by atoms with Gasteiger partial charge in [0, 0.05) is 5.41 Å². The number of aliphatic hydroxyl groups is 1. The van der Waals surface area contributed by atoms with E-state index in [1.807, 2.05) is 13.8 Å². The van der Waals surface area contributed by atoms with Crippen molar-refractivity contribution in [3.05, 3.63) is 69.7 Å². The Balaban J connectivity index is 2.19. The quantitative estimate of drug-likeness (QED) is 0.849. The zero-order chi connectivity index (χ0) is 15.6. The lowest BCUT2D eigenvalue weighted by Crippen LogP contribution is -2.35. The summed E-state index contributed by atoms with van der Waals surface area (Å²) in [5.41, 5.74) is 1.16. The van der Waals surface area contributed by atoms with Gasteiger partial charge in [0.25, 0.3) is 0 Å². The maximum absolute atomic E-state index is 13.2. The van der Waals surface area contributed by atoms with Gasteiger partial charge in [0.1, 0.15) is 11.6 Å². The zero-order valence-electron chi connectivity index (χ0n) is 11.9. The van der Waals surface area contributed by atoms with Crippen molar-refractivity contribution >= 4 is 15.9 Å². The third-order valence-corrected chi connectivity index (χ3v) is 4.44. The lowest BCUT2D eigenvalue weighted by molar-refractivity contribution is 0.0999. The van der Waals surface area contributed by atoms with Crippen LogP contribution < -0.4 is 0 Å². The fraction of sp³-hybridized carbons (Fsp3) is 0.294. The molecule has 2 aromatic carbocycles. The van der Waals surface area contributed by atoms with Crippen LogP contribution in [0.25, 0.3) is 0 Å². The Hall–Kier alpha value is -1.26. The summed E-state index contributed by atoms with van der Waals surface area (Å²) in [4.78, 5) is 0. The molecule has 0 amide bonds. The lowest BCUT2D eigenvalue weighted by atomic mass is 9.77. The van der Waals surface area contributed by atoms with Crippen molar-refractivity contribution < 1.29 is 13.9 Å². The summed E-state index contributed by atoms with van der Waals surface area (Å²) >= 11 is 3.14. The third-order valence-electron chi connectivity index (χ3n) is 3.83. The summed E-state index contributed by atoms with van der Waals surface area (Å²) in [5.74, 6) is -0.627. The molecule has 0 spiro atoms. The van der Waals surface area contributed by atoms with Crippen LogP contribution in [0, 0.1) is 11.6 Å². The molecule has 4 heteroatoms. The number of rotatable bonds is 4. The molecule has 0 aromatic heterocycles. The van der Waals surface area contributed by atoms with Crippen LogP contribution in [-0.4, -0.2) is 11.2 Å². The summed E-state index contributed by atoms with van der Waals surface area (Å²) in [6.07, 6.45) is -0.274. The molecular formula is C17H17BrF2O. The van der Waals surface area contributed by atoms with Gasteiger partial charge in [-0.25, -0.2) is 8.78 Å². The topological polar surface area (TPSA) is 20.2 Å². The predicted molar refractivity (Wildman–Crippen MR) is 83.2 cm³/mol. The second kappa shape index (κ2) is 6.24. The average molecular weight is 355 g/mol. The SMILES string of the molecule is CC(C)(c1ccc(F)cc1)C(O)Cc1ccc(F)c(Br)c1. The highest BCUT2D eigenvalue weighted by Gasteiger charge is 2.30. The van der Waals surface area contributed by atoms with E-state index in [1.165, 1.54) is 18.2 Å². The normalized spacial score (nSPS) is 13.2. The van der Waals surface area contributed by atoms with Crippen LogP contribution in [0.2, 0.25) is 0 Å². The Bertz CT molecular complexity index is 623. The van der Waals surface area contributed by atoms with E-state index in [0.717, 1.165) is 11.1 Å². The van der Waals surface area contributed by atoms with Crippen LogP contribution >= 0.6 is 15.9 Å². The molecule has 2 aromatic rings. The number of aliphatic hydroxyl groups excluding tert-OH is 1. The fourth-order valence-electron chi connectivity index (χ4n) is 2.22. The summed E-state index contributed by atoms with van der Waals surface area (Å²) in [6, 6.07) is 10.8. The summed E-state index contributed by atoms with van der Waals surface area (Å²) in [6.45, 7) is 3.81. The van der Waals surface area contributed by atoms with Crippen molar-refractivity contribution in [1.29, 1.82) is 0 Å². The fourth-order valence-corrected chi connectivity index (χ4v) is 2.64. The lowest BCUT2D eigenvalue weighted by Gasteiger charge is -2.31. The summed E-state index contributed by atoms with van der Waals surface area (Å²) in [5, 5.41) is 10.5. The number of halogens is 3. The van der Waals surface area contributed by atoms with Gasteiger partial charge in [0.05, 0.1) is 10.6 Å². The molecule has 112 valence electrons. The van der Waals surface area contributed by atoms with Gasteiger partial charge in [0.15, 0.2) is 0 Å². The Morgan fingerprint density at radius 2 is 1.71 bits per heavy atom. The Morgan fingerprint density at radius 3 is 2.29 bits per heavy atom. The Labute approximate surface area is 131 Å². The minimum absolute atomic E-state index is 0.300. The van der Waals surface area contributed by atoms with Gasteiger partial charge in [-0.05, 0) is 57.7 Å². The van der Waals surface area contributed by atoms with E-state index in [0.29, 0.717) is 10.9 Å². The Morgan fingerprint density at radius 1 is 1.10 bits per heavy atom. The molecule has 0 radical (unpaired) electrons. The average Bonchev–Trinajstić information content (AvgIpc) is 2.43. The summed E-state index contributed by atoms with van der Waals surface area (Å²) < 4.78 is 26.6. The van der Waals surface area contributed by atoms with Crippen LogP contribution in [-0.2, 0) is 11.8 Å². The van der Waals surface area contributed by atoms with Gasteiger partial charge >= 0.3 is 0 Å². The molecule has 1 N–H and O–H groups in total. The van der Waals surface area contributed by atoms with E-state index < -0.39 is 11.5 Å². The van der Waals surface area contributed by atoms with Crippen LogP contribution in [0.3, 0.4) is 0 Å². The maximum Gasteiger partial charge on any atom is 0.137 e. The maximum atomic E-state index is 13.2. The van der Waals surface area contributed by atoms with Crippen LogP contribution in [0.15, 0.2) is 46.9 Å².